The third-order valence-electron chi connectivity index (χ3n) is 6.45. The molecule has 4 aromatic carbocycles. The Kier molecular flexibility index (Phi) is 21.0. The molecule has 0 fully saturated rings. The Bertz CT molecular complexity index is 1630. The zero-order valence-corrected chi connectivity index (χ0v) is 28.9. The highest BCUT2D eigenvalue weighted by atomic mass is 19.1. The molecule has 0 aliphatic rings. The van der Waals surface area contributed by atoms with Crippen LogP contribution in [0.1, 0.15) is 54.7 Å². The standard InChI is InChI=1S/C18H18FNO3.C9H12FNO.C9H8O3.C2H6O/c1-22-17-8-7-16(19)11-15(17)9-10-20-12-13-3-5-14(6-4-13)18(21)23-2;1-12-9-3-2-8(10)6-7(9)4-5-11;1-12-9(11)8-4-2-7(6-10)3-5-8;1-2-3/h3-8,11-12H,9-10H2,1-2H3;2-3,6H,4-5,11H2,1H3;2-6H,1H3;3H,2H2,1H3. The predicted molar refractivity (Wildman–Crippen MR) is 189 cm³/mol. The monoisotopic (exact) mass is 694 g/mol. The summed E-state index contributed by atoms with van der Waals surface area (Å²) in [6.07, 6.45) is 3.66. The number of halogens is 2. The van der Waals surface area contributed by atoms with E-state index in [1.807, 2.05) is 0 Å². The summed E-state index contributed by atoms with van der Waals surface area (Å²) in [7, 11) is 5.78. The van der Waals surface area contributed by atoms with Gasteiger partial charge in [-0.25, -0.2) is 18.4 Å². The van der Waals surface area contributed by atoms with Gasteiger partial charge in [-0.3, -0.25) is 9.79 Å². The summed E-state index contributed by atoms with van der Waals surface area (Å²) in [5.74, 6) is 0.0486. The number of aldehydes is 1. The Hall–Kier alpha value is -5.46. The van der Waals surface area contributed by atoms with Crippen molar-refractivity contribution in [3.05, 3.63) is 130 Å². The number of esters is 2. The molecule has 50 heavy (non-hydrogen) atoms. The second-order valence-corrected chi connectivity index (χ2v) is 9.90. The summed E-state index contributed by atoms with van der Waals surface area (Å²) in [4.78, 5) is 36.8. The fourth-order valence-corrected chi connectivity index (χ4v) is 4.03. The number of hydrogen-bond acceptors (Lipinski definition) is 10. The lowest BCUT2D eigenvalue weighted by molar-refractivity contribution is 0.0592. The van der Waals surface area contributed by atoms with E-state index in [0.717, 1.165) is 23.0 Å². The first-order valence-electron chi connectivity index (χ1n) is 15.4. The number of hydrogen-bond donors (Lipinski definition) is 2. The van der Waals surface area contributed by atoms with Crippen LogP contribution < -0.4 is 15.2 Å². The minimum atomic E-state index is -0.396. The Morgan fingerprint density at radius 1 is 0.720 bits per heavy atom. The zero-order valence-electron chi connectivity index (χ0n) is 28.9. The van der Waals surface area contributed by atoms with Crippen molar-refractivity contribution < 1.29 is 47.2 Å². The quantitative estimate of drug-likeness (QED) is 0.111. The Balaban J connectivity index is 0.000000391. The molecule has 0 aliphatic carbocycles. The van der Waals surface area contributed by atoms with E-state index in [4.69, 9.17) is 20.3 Å². The van der Waals surface area contributed by atoms with Crippen molar-refractivity contribution in [1.29, 1.82) is 0 Å². The van der Waals surface area contributed by atoms with Gasteiger partial charge in [0.25, 0.3) is 0 Å². The summed E-state index contributed by atoms with van der Waals surface area (Å²) < 4.78 is 45.3. The van der Waals surface area contributed by atoms with Crippen LogP contribution in [0.4, 0.5) is 8.78 Å². The van der Waals surface area contributed by atoms with Crippen LogP contribution in [0.5, 0.6) is 11.5 Å². The SMILES string of the molecule is CCO.COC(=O)c1ccc(C=NCCc2cc(F)ccc2OC)cc1.COC(=O)c1ccc(C=O)cc1.COc1ccc(F)cc1CCN. The fourth-order valence-electron chi connectivity index (χ4n) is 4.03. The molecule has 0 saturated carbocycles. The van der Waals surface area contributed by atoms with Crippen molar-refractivity contribution in [2.75, 3.05) is 48.1 Å². The molecule has 12 heteroatoms. The number of carbonyl (C=O) groups excluding carboxylic acids is 3. The molecule has 0 heterocycles. The Morgan fingerprint density at radius 3 is 1.52 bits per heavy atom. The molecule has 0 unspecified atom stereocenters. The Morgan fingerprint density at radius 2 is 1.14 bits per heavy atom. The molecule has 268 valence electrons. The summed E-state index contributed by atoms with van der Waals surface area (Å²) in [6.45, 7) is 2.94. The van der Waals surface area contributed by atoms with Gasteiger partial charge in [0.05, 0.1) is 39.6 Å². The van der Waals surface area contributed by atoms with Gasteiger partial charge in [-0.15, -0.1) is 0 Å². The third kappa shape index (κ3) is 15.6. The molecular formula is C38H44F2N2O8. The summed E-state index contributed by atoms with van der Waals surface area (Å²) in [5.41, 5.74) is 9.32. The highest BCUT2D eigenvalue weighted by Gasteiger charge is 2.06. The second kappa shape index (κ2) is 24.6. The molecule has 3 N–H and O–H groups in total. The average Bonchev–Trinajstić information content (AvgIpc) is 3.14. The number of rotatable bonds is 11. The van der Waals surface area contributed by atoms with E-state index in [9.17, 15) is 23.2 Å². The van der Waals surface area contributed by atoms with E-state index in [2.05, 4.69) is 14.5 Å². The van der Waals surface area contributed by atoms with Crippen LogP contribution in [0.3, 0.4) is 0 Å². The first kappa shape index (κ1) is 42.6. The molecule has 0 atom stereocenters. The number of aliphatic hydroxyl groups is 1. The topological polar surface area (TPSA) is 147 Å². The average molecular weight is 695 g/mol. The van der Waals surface area contributed by atoms with E-state index in [1.165, 1.54) is 38.5 Å². The van der Waals surface area contributed by atoms with Crippen molar-refractivity contribution >= 4 is 24.4 Å². The molecule has 0 saturated heterocycles. The van der Waals surface area contributed by atoms with Gasteiger partial charge >= 0.3 is 11.9 Å². The lowest BCUT2D eigenvalue weighted by Gasteiger charge is -2.06. The number of benzene rings is 4. The van der Waals surface area contributed by atoms with Gasteiger partial charge in [0.2, 0.25) is 0 Å². The lowest BCUT2D eigenvalue weighted by atomic mass is 10.1. The Labute approximate surface area is 291 Å². The van der Waals surface area contributed by atoms with Gasteiger partial charge in [0.1, 0.15) is 29.4 Å². The summed E-state index contributed by atoms with van der Waals surface area (Å²) in [6, 6.07) is 22.1. The summed E-state index contributed by atoms with van der Waals surface area (Å²) >= 11 is 0. The minimum absolute atomic E-state index is 0.250. The van der Waals surface area contributed by atoms with Crippen molar-refractivity contribution in [3.63, 3.8) is 0 Å². The van der Waals surface area contributed by atoms with Crippen LogP contribution in [-0.4, -0.2) is 77.7 Å². The normalized spacial score (nSPS) is 9.86. The highest BCUT2D eigenvalue weighted by molar-refractivity contribution is 5.91. The van der Waals surface area contributed by atoms with Crippen LogP contribution in [0.15, 0.2) is 89.9 Å². The highest BCUT2D eigenvalue weighted by Crippen LogP contribution is 2.20. The predicted octanol–water partition coefficient (Wildman–Crippen LogP) is 5.90. The van der Waals surface area contributed by atoms with Gasteiger partial charge in [-0.2, -0.15) is 0 Å². The molecule has 0 aliphatic heterocycles. The fraction of sp³-hybridized carbons (Fsp3) is 0.263. The molecule has 0 spiro atoms. The number of aliphatic imine (C=N–C) groups is 1. The molecule has 4 aromatic rings. The second-order valence-electron chi connectivity index (χ2n) is 9.90. The van der Waals surface area contributed by atoms with Gasteiger partial charge in [0.15, 0.2) is 0 Å². The molecule has 0 bridgehead atoms. The van der Waals surface area contributed by atoms with Crippen molar-refractivity contribution in [2.24, 2.45) is 10.7 Å². The van der Waals surface area contributed by atoms with Crippen LogP contribution in [0.25, 0.3) is 0 Å². The first-order chi connectivity index (χ1) is 24.1. The van der Waals surface area contributed by atoms with Gasteiger partial charge in [-0.05, 0) is 104 Å². The van der Waals surface area contributed by atoms with E-state index in [1.54, 1.807) is 88.0 Å². The maximum Gasteiger partial charge on any atom is 0.337 e. The largest absolute Gasteiger partial charge is 0.496 e. The van der Waals surface area contributed by atoms with E-state index >= 15 is 0 Å². The number of carbonyl (C=O) groups is 3. The molecular weight excluding hydrogens is 650 g/mol. The minimum Gasteiger partial charge on any atom is -0.496 e. The molecule has 10 nitrogen and oxygen atoms in total. The maximum atomic E-state index is 13.3. The number of ether oxygens (including phenoxy) is 4. The third-order valence-corrected chi connectivity index (χ3v) is 6.45. The maximum absolute atomic E-state index is 13.3. The number of methoxy groups -OCH3 is 4. The summed E-state index contributed by atoms with van der Waals surface area (Å²) in [5, 5.41) is 7.57. The first-order valence-corrected chi connectivity index (χ1v) is 15.4. The van der Waals surface area contributed by atoms with Crippen molar-refractivity contribution in [2.45, 2.75) is 19.8 Å². The van der Waals surface area contributed by atoms with E-state index < -0.39 is 5.97 Å². The molecule has 0 aromatic heterocycles. The van der Waals surface area contributed by atoms with Crippen LogP contribution >= 0.6 is 0 Å². The zero-order chi connectivity index (χ0) is 37.3. The van der Waals surface area contributed by atoms with Crippen LogP contribution in [0, 0.1) is 11.6 Å². The molecule has 4 rings (SSSR count). The van der Waals surface area contributed by atoms with Crippen LogP contribution in [-0.2, 0) is 22.3 Å². The van der Waals surface area contributed by atoms with Crippen LogP contribution in [0.2, 0.25) is 0 Å². The van der Waals surface area contributed by atoms with Gasteiger partial charge in [-0.1, -0.05) is 24.3 Å². The van der Waals surface area contributed by atoms with Crippen molar-refractivity contribution in [1.82, 2.24) is 0 Å². The molecule has 0 amide bonds. The lowest BCUT2D eigenvalue weighted by Crippen LogP contribution is -2.04. The smallest absolute Gasteiger partial charge is 0.337 e. The number of aliphatic hydroxyl groups excluding tert-OH is 1. The van der Waals surface area contributed by atoms with E-state index in [-0.39, 0.29) is 24.2 Å². The molecule has 0 radical (unpaired) electrons. The number of nitrogens with two attached hydrogens (primary N) is 1. The van der Waals surface area contributed by atoms with Gasteiger partial charge in [0, 0.05) is 24.9 Å². The number of nitrogens with zero attached hydrogens (tertiary/aromatic N) is 1. The van der Waals surface area contributed by atoms with Gasteiger partial charge < -0.3 is 29.8 Å². The van der Waals surface area contributed by atoms with Crippen molar-refractivity contribution in [3.8, 4) is 11.5 Å². The van der Waals surface area contributed by atoms with E-state index in [0.29, 0.717) is 54.1 Å².